The molecule has 0 radical (unpaired) electrons. The van der Waals surface area contributed by atoms with Crippen LogP contribution in [0.4, 0.5) is 5.13 Å². The molecule has 1 aromatic carbocycles. The fraction of sp³-hybridized carbons (Fsp3) is 0.105. The van der Waals surface area contributed by atoms with Gasteiger partial charge in [-0.1, -0.05) is 48.0 Å². The lowest BCUT2D eigenvalue weighted by Gasteiger charge is -2.02. The summed E-state index contributed by atoms with van der Waals surface area (Å²) in [6, 6.07) is 7.70. The Balaban J connectivity index is 1.75. The van der Waals surface area contributed by atoms with Crippen molar-refractivity contribution in [3.8, 4) is 0 Å². The maximum absolute atomic E-state index is 6.33. The molecule has 2 aromatic heterocycles. The summed E-state index contributed by atoms with van der Waals surface area (Å²) in [4.78, 5) is 8.55. The number of rotatable bonds is 6. The van der Waals surface area contributed by atoms with Gasteiger partial charge in [0.2, 0.25) is 0 Å². The number of nitrogens with zero attached hydrogens (tertiary/aromatic N) is 1. The van der Waals surface area contributed by atoms with Crippen LogP contribution >= 0.6 is 34.5 Å². The molecule has 0 aliphatic carbocycles. The van der Waals surface area contributed by atoms with Gasteiger partial charge in [0, 0.05) is 34.8 Å². The summed E-state index contributed by atoms with van der Waals surface area (Å²) in [6.45, 7) is 4.66. The predicted molar refractivity (Wildman–Crippen MR) is 112 cm³/mol. The number of nitrogens with one attached hydrogen (secondary N) is 2. The molecule has 0 aliphatic heterocycles. The van der Waals surface area contributed by atoms with Crippen LogP contribution < -0.4 is 21.6 Å². The number of allylic oxidation sites excluding steroid dienone is 1. The molecule has 3 rings (SSSR count). The van der Waals surface area contributed by atoms with Crippen molar-refractivity contribution in [3.05, 3.63) is 79.5 Å². The lowest BCUT2D eigenvalue weighted by molar-refractivity contribution is 1.13. The summed E-state index contributed by atoms with van der Waals surface area (Å²) in [5, 5.41) is 7.20. The van der Waals surface area contributed by atoms with Gasteiger partial charge in [0.15, 0.2) is 5.13 Å². The van der Waals surface area contributed by atoms with Gasteiger partial charge >= 0.3 is 0 Å². The Morgan fingerprint density at radius 1 is 1.27 bits per heavy atom. The molecule has 0 fully saturated rings. The highest BCUT2D eigenvalue weighted by Crippen LogP contribution is 2.28. The third-order valence-electron chi connectivity index (χ3n) is 3.82. The van der Waals surface area contributed by atoms with Crippen LogP contribution in [0.25, 0.3) is 12.7 Å². The van der Waals surface area contributed by atoms with E-state index in [2.05, 4.69) is 21.9 Å². The summed E-state index contributed by atoms with van der Waals surface area (Å²) in [7, 11) is 0. The zero-order valence-electron chi connectivity index (χ0n) is 13.9. The van der Waals surface area contributed by atoms with Crippen LogP contribution in [0.2, 0.25) is 10.2 Å². The van der Waals surface area contributed by atoms with Crippen LogP contribution in [0.15, 0.2) is 42.7 Å². The first-order valence-corrected chi connectivity index (χ1v) is 9.51. The van der Waals surface area contributed by atoms with E-state index in [1.807, 2.05) is 36.5 Å². The first-order valence-electron chi connectivity index (χ1n) is 7.94. The number of benzene rings is 1. The Morgan fingerprint density at radius 2 is 2.04 bits per heavy atom. The molecule has 0 spiro atoms. The molecule has 0 amide bonds. The van der Waals surface area contributed by atoms with E-state index in [0.717, 1.165) is 36.7 Å². The molecule has 134 valence electrons. The molecule has 0 saturated heterocycles. The molecule has 0 atom stereocenters. The monoisotopic (exact) mass is 404 g/mol. The minimum atomic E-state index is 0.515. The summed E-state index contributed by atoms with van der Waals surface area (Å²) in [5.74, 6) is 0. The van der Waals surface area contributed by atoms with Gasteiger partial charge in [-0.15, -0.1) is 11.3 Å². The molecule has 0 saturated carbocycles. The molecule has 3 aromatic rings. The third-order valence-corrected chi connectivity index (χ3v) is 5.51. The fourth-order valence-electron chi connectivity index (χ4n) is 2.50. The number of thiazole rings is 1. The van der Waals surface area contributed by atoms with Gasteiger partial charge in [-0.2, -0.15) is 0 Å². The number of halogens is 2. The van der Waals surface area contributed by atoms with E-state index < -0.39 is 0 Å². The Hall–Kier alpha value is -2.21. The number of H-pyrrole nitrogens is 1. The van der Waals surface area contributed by atoms with Gasteiger partial charge in [-0.25, -0.2) is 4.98 Å². The number of aromatic nitrogens is 2. The standard InChI is InChI=1S/C19H18Cl2N4S/c1-12-16(3-2-8-22)14(11-23-12)9-17-18(21)25-19(26-17)24-10-13-4-6-15(20)7-5-13/h2-8,11,23H,1,9-10,22H2,(H,24,25)/b8-2-,16-3+. The second kappa shape index (κ2) is 8.45. The van der Waals surface area contributed by atoms with E-state index in [1.54, 1.807) is 17.4 Å². The van der Waals surface area contributed by atoms with E-state index >= 15 is 0 Å². The van der Waals surface area contributed by atoms with Crippen LogP contribution in [-0.4, -0.2) is 9.97 Å². The van der Waals surface area contributed by atoms with Gasteiger partial charge in [0.05, 0.1) is 4.88 Å². The van der Waals surface area contributed by atoms with E-state index in [1.165, 1.54) is 6.20 Å². The quantitative estimate of drug-likeness (QED) is 0.587. The summed E-state index contributed by atoms with van der Waals surface area (Å²) in [5.41, 5.74) is 7.65. The zero-order valence-corrected chi connectivity index (χ0v) is 16.3. The van der Waals surface area contributed by atoms with E-state index in [9.17, 15) is 0 Å². The average Bonchev–Trinajstić information content (AvgIpc) is 3.16. The zero-order chi connectivity index (χ0) is 18.5. The number of aromatic amines is 1. The van der Waals surface area contributed by atoms with E-state index in [0.29, 0.717) is 18.1 Å². The highest BCUT2D eigenvalue weighted by Gasteiger charge is 2.11. The molecule has 0 bridgehead atoms. The lowest BCUT2D eigenvalue weighted by atomic mass is 10.1. The minimum Gasteiger partial charge on any atom is -0.405 e. The van der Waals surface area contributed by atoms with Crippen LogP contribution in [0.3, 0.4) is 0 Å². The van der Waals surface area contributed by atoms with Gasteiger partial charge in [0.1, 0.15) is 5.15 Å². The van der Waals surface area contributed by atoms with Gasteiger partial charge in [-0.3, -0.25) is 0 Å². The largest absolute Gasteiger partial charge is 0.405 e. The lowest BCUT2D eigenvalue weighted by Crippen LogP contribution is -2.23. The van der Waals surface area contributed by atoms with Gasteiger partial charge < -0.3 is 16.0 Å². The molecule has 26 heavy (non-hydrogen) atoms. The fourth-order valence-corrected chi connectivity index (χ4v) is 3.82. The normalized spacial score (nSPS) is 12.2. The Bertz CT molecular complexity index is 1020. The third kappa shape index (κ3) is 4.49. The molecule has 4 nitrogen and oxygen atoms in total. The first-order chi connectivity index (χ1) is 12.6. The number of anilines is 1. The Morgan fingerprint density at radius 3 is 2.77 bits per heavy atom. The maximum atomic E-state index is 6.33. The van der Waals surface area contributed by atoms with E-state index in [4.69, 9.17) is 28.9 Å². The summed E-state index contributed by atoms with van der Waals surface area (Å²) < 4.78 is 0. The molecule has 4 N–H and O–H groups in total. The summed E-state index contributed by atoms with van der Waals surface area (Å²) >= 11 is 13.8. The van der Waals surface area contributed by atoms with Crippen molar-refractivity contribution >= 4 is 52.3 Å². The minimum absolute atomic E-state index is 0.515. The topological polar surface area (TPSA) is 66.7 Å². The van der Waals surface area contributed by atoms with Crippen LogP contribution in [-0.2, 0) is 13.0 Å². The molecule has 0 unspecified atom stereocenters. The van der Waals surface area contributed by atoms with Crippen LogP contribution in [0, 0.1) is 0 Å². The average molecular weight is 405 g/mol. The Kier molecular flexibility index (Phi) is 6.04. The van der Waals surface area contributed by atoms with Crippen molar-refractivity contribution in [2.45, 2.75) is 13.0 Å². The number of hydrogen-bond donors (Lipinski definition) is 3. The summed E-state index contributed by atoms with van der Waals surface area (Å²) in [6.07, 6.45) is 7.83. The second-order valence-corrected chi connectivity index (χ2v) is 7.53. The van der Waals surface area contributed by atoms with E-state index in [-0.39, 0.29) is 0 Å². The number of hydrogen-bond acceptors (Lipinski definition) is 4. The molecule has 7 heteroatoms. The van der Waals surface area contributed by atoms with Crippen molar-refractivity contribution in [1.82, 2.24) is 9.97 Å². The second-order valence-electron chi connectivity index (χ2n) is 5.65. The predicted octanol–water partition coefficient (Wildman–Crippen LogP) is 3.64. The van der Waals surface area contributed by atoms with Crippen LogP contribution in [0.1, 0.15) is 16.0 Å². The highest BCUT2D eigenvalue weighted by molar-refractivity contribution is 7.16. The van der Waals surface area contributed by atoms with Crippen molar-refractivity contribution in [2.24, 2.45) is 5.73 Å². The van der Waals surface area contributed by atoms with Crippen LogP contribution in [0.5, 0.6) is 0 Å². The molecular weight excluding hydrogens is 387 g/mol. The molecule has 2 heterocycles. The molecular formula is C19H18Cl2N4S. The van der Waals surface area contributed by atoms with Gasteiger partial charge in [0.25, 0.3) is 0 Å². The van der Waals surface area contributed by atoms with Crippen molar-refractivity contribution < 1.29 is 0 Å². The van der Waals surface area contributed by atoms with Gasteiger partial charge in [-0.05, 0) is 35.5 Å². The smallest absolute Gasteiger partial charge is 0.184 e. The molecule has 0 aliphatic rings. The van der Waals surface area contributed by atoms with Crippen molar-refractivity contribution in [1.29, 1.82) is 0 Å². The Labute approximate surface area is 165 Å². The van der Waals surface area contributed by atoms with Crippen molar-refractivity contribution in [3.63, 3.8) is 0 Å². The maximum Gasteiger partial charge on any atom is 0.184 e. The highest BCUT2D eigenvalue weighted by atomic mass is 35.5. The number of nitrogens with two attached hydrogens (primary N) is 1. The first kappa shape index (κ1) is 18.6. The van der Waals surface area contributed by atoms with Crippen molar-refractivity contribution in [2.75, 3.05) is 5.32 Å². The SMILES string of the molecule is C=c1[nH]cc(Cc2sc(NCc3ccc(Cl)cc3)nc2Cl)/c1=C/C=C\N.